The Morgan fingerprint density at radius 1 is 1.18 bits per heavy atom. The van der Waals surface area contributed by atoms with Gasteiger partial charge in [0.1, 0.15) is 17.6 Å². The average molecular weight is 301 g/mol. The average Bonchev–Trinajstić information content (AvgIpc) is 2.53. The Morgan fingerprint density at radius 2 is 2.00 bits per heavy atom. The molecular formula is C17H26BN2O2. The third kappa shape index (κ3) is 2.81. The van der Waals surface area contributed by atoms with Crippen LogP contribution in [0.4, 0.5) is 0 Å². The molecule has 22 heavy (non-hydrogen) atoms. The molecule has 119 valence electrons. The second-order valence-electron chi connectivity index (χ2n) is 6.98. The molecule has 2 saturated heterocycles. The molecule has 0 atom stereocenters. The maximum Gasteiger partial charge on any atom is 0.370 e. The third-order valence-corrected chi connectivity index (χ3v) is 5.51. The van der Waals surface area contributed by atoms with E-state index in [0.29, 0.717) is 6.10 Å². The molecule has 1 N–H and O–H groups in total. The predicted octanol–water partition coefficient (Wildman–Crippen LogP) is 2.22. The minimum Gasteiger partial charge on any atom is -0.563 e. The lowest BCUT2D eigenvalue weighted by atomic mass is 9.81. The highest BCUT2D eigenvalue weighted by molar-refractivity contribution is 6.28. The van der Waals surface area contributed by atoms with Gasteiger partial charge in [0, 0.05) is 31.1 Å². The summed E-state index contributed by atoms with van der Waals surface area (Å²) < 4.78 is 12.1. The molecule has 3 heterocycles. The van der Waals surface area contributed by atoms with Crippen molar-refractivity contribution in [1.29, 1.82) is 0 Å². The highest BCUT2D eigenvalue weighted by Crippen LogP contribution is 2.37. The van der Waals surface area contributed by atoms with Crippen molar-refractivity contribution in [2.24, 2.45) is 0 Å². The summed E-state index contributed by atoms with van der Waals surface area (Å²) in [6.07, 6.45) is 7.33. The first-order valence-corrected chi connectivity index (χ1v) is 8.83. The number of nitrogens with one attached hydrogen (secondary N) is 1. The van der Waals surface area contributed by atoms with E-state index in [1.807, 2.05) is 7.48 Å². The maximum atomic E-state index is 6.30. The molecule has 0 aromatic heterocycles. The van der Waals surface area contributed by atoms with Crippen LogP contribution in [0.5, 0.6) is 0 Å². The lowest BCUT2D eigenvalue weighted by molar-refractivity contribution is -0.0526. The van der Waals surface area contributed by atoms with Crippen LogP contribution in [0.1, 0.15) is 39.0 Å². The normalized spacial score (nSPS) is 27.9. The van der Waals surface area contributed by atoms with Crippen LogP contribution in [-0.4, -0.2) is 50.7 Å². The predicted molar refractivity (Wildman–Crippen MR) is 87.6 cm³/mol. The first kappa shape index (κ1) is 14.6. The molecule has 0 aromatic rings. The van der Waals surface area contributed by atoms with Gasteiger partial charge in [-0.3, -0.25) is 4.90 Å². The number of likely N-dealkylation sites (tertiary alicyclic amines) is 1. The molecule has 1 radical (unpaired) electrons. The first-order valence-electron chi connectivity index (χ1n) is 8.83. The van der Waals surface area contributed by atoms with Crippen LogP contribution in [0.3, 0.4) is 0 Å². The smallest absolute Gasteiger partial charge is 0.370 e. The van der Waals surface area contributed by atoms with Gasteiger partial charge in [0.05, 0.1) is 0 Å². The molecule has 4 rings (SSSR count). The number of hydrogen-bond acceptors (Lipinski definition) is 4. The minimum absolute atomic E-state index is 0.384. The summed E-state index contributed by atoms with van der Waals surface area (Å²) in [7, 11) is 1.94. The fraction of sp³-hybridized carbons (Fsp3) is 0.765. The molecule has 2 fully saturated rings. The van der Waals surface area contributed by atoms with Crippen LogP contribution >= 0.6 is 0 Å². The summed E-state index contributed by atoms with van der Waals surface area (Å²) in [4.78, 5) is 2.60. The van der Waals surface area contributed by atoms with E-state index in [9.17, 15) is 0 Å². The molecule has 4 nitrogen and oxygen atoms in total. The van der Waals surface area contributed by atoms with Gasteiger partial charge in [0.25, 0.3) is 0 Å². The van der Waals surface area contributed by atoms with E-state index in [0.717, 1.165) is 50.5 Å². The number of hydrogen-bond donors (Lipinski definition) is 1. The van der Waals surface area contributed by atoms with E-state index < -0.39 is 0 Å². The van der Waals surface area contributed by atoms with Crippen molar-refractivity contribution >= 4 is 7.48 Å². The van der Waals surface area contributed by atoms with Crippen LogP contribution in [0.25, 0.3) is 0 Å². The standard InChI is InChI=1S/C17H26BN2O2/c1-12-16(3-2-13-4-7-18-22-17(12)13)21-15-10-20(11-15)14-5-8-19-9-6-14/h14-15,19H,2-11H2,1H3. The molecule has 4 aliphatic rings. The number of rotatable bonds is 3. The van der Waals surface area contributed by atoms with E-state index in [1.165, 1.54) is 42.8 Å². The van der Waals surface area contributed by atoms with Crippen molar-refractivity contribution in [3.05, 3.63) is 22.7 Å². The van der Waals surface area contributed by atoms with Crippen LogP contribution in [0.2, 0.25) is 6.32 Å². The molecule has 5 heteroatoms. The Labute approximate surface area is 134 Å². The summed E-state index contributed by atoms with van der Waals surface area (Å²) in [5.74, 6) is 2.27. The summed E-state index contributed by atoms with van der Waals surface area (Å²) in [5.41, 5.74) is 2.72. The van der Waals surface area contributed by atoms with Gasteiger partial charge in [0.15, 0.2) is 0 Å². The molecule has 0 saturated carbocycles. The molecule has 0 bridgehead atoms. The van der Waals surface area contributed by atoms with E-state index in [1.54, 1.807) is 0 Å². The van der Waals surface area contributed by atoms with Gasteiger partial charge in [-0.05, 0) is 57.6 Å². The van der Waals surface area contributed by atoms with Crippen molar-refractivity contribution in [2.75, 3.05) is 26.2 Å². The Balaban J connectivity index is 1.34. The Kier molecular flexibility index (Phi) is 4.18. The zero-order valence-electron chi connectivity index (χ0n) is 13.6. The number of allylic oxidation sites excluding steroid dienone is 3. The fourth-order valence-corrected chi connectivity index (χ4v) is 4.11. The van der Waals surface area contributed by atoms with E-state index in [2.05, 4.69) is 17.1 Å². The molecule has 0 amide bonds. The van der Waals surface area contributed by atoms with Crippen molar-refractivity contribution < 1.29 is 9.39 Å². The molecule has 0 spiro atoms. The number of piperidine rings is 1. The van der Waals surface area contributed by atoms with Crippen molar-refractivity contribution in [3.63, 3.8) is 0 Å². The molecule has 1 aliphatic carbocycles. The quantitative estimate of drug-likeness (QED) is 0.811. The maximum absolute atomic E-state index is 6.30. The highest BCUT2D eigenvalue weighted by atomic mass is 16.5. The topological polar surface area (TPSA) is 33.7 Å². The van der Waals surface area contributed by atoms with Crippen LogP contribution < -0.4 is 5.32 Å². The minimum atomic E-state index is 0.384. The SMILES string of the molecule is CC1=C(OC2CN(C3CCNCC3)C2)CCC2=C1O[B]CC2. The van der Waals surface area contributed by atoms with Crippen molar-refractivity contribution in [2.45, 2.75) is 57.5 Å². The number of ether oxygens (including phenoxy) is 1. The Hall–Kier alpha value is -0.935. The van der Waals surface area contributed by atoms with Gasteiger partial charge in [-0.2, -0.15) is 0 Å². The number of nitrogens with zero attached hydrogens (tertiary/aromatic N) is 1. The lowest BCUT2D eigenvalue weighted by Crippen LogP contribution is -2.58. The third-order valence-electron chi connectivity index (χ3n) is 5.51. The largest absolute Gasteiger partial charge is 0.563 e. The summed E-state index contributed by atoms with van der Waals surface area (Å²) >= 11 is 0. The first-order chi connectivity index (χ1) is 10.8. The van der Waals surface area contributed by atoms with E-state index in [-0.39, 0.29) is 0 Å². The monoisotopic (exact) mass is 301 g/mol. The van der Waals surface area contributed by atoms with Crippen LogP contribution in [-0.2, 0) is 9.39 Å². The van der Waals surface area contributed by atoms with Crippen molar-refractivity contribution in [3.8, 4) is 0 Å². The molecule has 0 unspecified atom stereocenters. The molecule has 3 aliphatic heterocycles. The summed E-state index contributed by atoms with van der Waals surface area (Å²) in [5, 5.41) is 3.44. The van der Waals surface area contributed by atoms with Gasteiger partial charge in [-0.25, -0.2) is 0 Å². The van der Waals surface area contributed by atoms with Crippen LogP contribution in [0.15, 0.2) is 22.7 Å². The van der Waals surface area contributed by atoms with Crippen molar-refractivity contribution in [1.82, 2.24) is 10.2 Å². The second kappa shape index (κ2) is 6.28. The van der Waals surface area contributed by atoms with Gasteiger partial charge in [0.2, 0.25) is 0 Å². The van der Waals surface area contributed by atoms with Crippen LogP contribution in [0, 0.1) is 0 Å². The fourth-order valence-electron chi connectivity index (χ4n) is 4.11. The Morgan fingerprint density at radius 3 is 2.82 bits per heavy atom. The lowest BCUT2D eigenvalue weighted by Gasteiger charge is -2.46. The molecule has 0 aromatic carbocycles. The van der Waals surface area contributed by atoms with E-state index in [4.69, 9.17) is 9.39 Å². The Bertz CT molecular complexity index is 491. The zero-order valence-corrected chi connectivity index (χ0v) is 13.6. The molecular weight excluding hydrogens is 275 g/mol. The second-order valence-corrected chi connectivity index (χ2v) is 6.98. The zero-order chi connectivity index (χ0) is 14.9. The van der Waals surface area contributed by atoms with Gasteiger partial charge >= 0.3 is 7.48 Å². The van der Waals surface area contributed by atoms with Gasteiger partial charge in [-0.15, -0.1) is 0 Å². The summed E-state index contributed by atoms with van der Waals surface area (Å²) in [6.45, 7) is 6.69. The van der Waals surface area contributed by atoms with Gasteiger partial charge in [-0.1, -0.05) is 0 Å². The summed E-state index contributed by atoms with van der Waals surface area (Å²) in [6, 6.07) is 0.771. The highest BCUT2D eigenvalue weighted by Gasteiger charge is 2.35. The van der Waals surface area contributed by atoms with E-state index >= 15 is 0 Å². The van der Waals surface area contributed by atoms with Gasteiger partial charge < -0.3 is 14.7 Å².